The summed E-state index contributed by atoms with van der Waals surface area (Å²) in [7, 11) is 0. The molecule has 0 fully saturated rings. The summed E-state index contributed by atoms with van der Waals surface area (Å²) in [6, 6.07) is 9.24. The van der Waals surface area contributed by atoms with Crippen molar-refractivity contribution in [2.45, 2.75) is 30.8 Å². The minimum atomic E-state index is -0.0831. The highest BCUT2D eigenvalue weighted by Gasteiger charge is 2.07. The molecule has 0 radical (unpaired) electrons. The molecule has 168 valence electrons. The molecule has 9 heteroatoms. The van der Waals surface area contributed by atoms with Gasteiger partial charge in [-0.25, -0.2) is 9.97 Å². The number of nitrogens with zero attached hydrogens (tertiary/aromatic N) is 2. The zero-order valence-corrected chi connectivity index (χ0v) is 18.8. The van der Waals surface area contributed by atoms with E-state index in [9.17, 15) is 4.79 Å². The van der Waals surface area contributed by atoms with Crippen molar-refractivity contribution in [3.05, 3.63) is 35.9 Å². The van der Waals surface area contributed by atoms with Crippen LogP contribution in [-0.2, 0) is 9.47 Å². The lowest BCUT2D eigenvalue weighted by Gasteiger charge is -2.11. The van der Waals surface area contributed by atoms with E-state index < -0.39 is 0 Å². The minimum Gasteiger partial charge on any atom is -0.381 e. The Kier molecular flexibility index (Phi) is 9.88. The Morgan fingerprint density at radius 1 is 0.839 bits per heavy atom. The molecule has 1 aromatic heterocycles. The maximum Gasteiger partial charge on any atom is 0.251 e. The van der Waals surface area contributed by atoms with Gasteiger partial charge in [0.2, 0.25) is 0 Å². The molecular formula is C22H31N5O3S. The largest absolute Gasteiger partial charge is 0.381 e. The number of nitrogens with one attached hydrogen (secondary N) is 3. The second-order valence-corrected chi connectivity index (χ2v) is 7.92. The third-order valence-corrected chi connectivity index (χ3v) is 5.21. The first kappa shape index (κ1) is 23.3. The van der Waals surface area contributed by atoms with Crippen molar-refractivity contribution in [3.8, 4) is 0 Å². The number of hydrogen-bond acceptors (Lipinski definition) is 8. The first-order valence-electron chi connectivity index (χ1n) is 10.7. The van der Waals surface area contributed by atoms with Crippen LogP contribution in [0, 0.1) is 0 Å². The van der Waals surface area contributed by atoms with Gasteiger partial charge in [0.25, 0.3) is 5.91 Å². The van der Waals surface area contributed by atoms with Crippen molar-refractivity contribution in [1.29, 1.82) is 0 Å². The summed E-state index contributed by atoms with van der Waals surface area (Å²) >= 11 is 1.49. The Morgan fingerprint density at radius 3 is 2.13 bits per heavy atom. The Labute approximate surface area is 187 Å². The summed E-state index contributed by atoms with van der Waals surface area (Å²) in [4.78, 5) is 21.4. The number of carbonyl (C=O) groups excluding carboxylic acids is 1. The fourth-order valence-corrected chi connectivity index (χ4v) is 3.38. The average Bonchev–Trinajstić information content (AvgIpc) is 2.79. The number of rotatable bonds is 1. The van der Waals surface area contributed by atoms with E-state index in [-0.39, 0.29) is 5.91 Å². The number of fused-ring (bicyclic) bond motifs is 16. The molecule has 3 N–H and O–H groups in total. The summed E-state index contributed by atoms with van der Waals surface area (Å²) in [6.45, 7) is 4.20. The predicted octanol–water partition coefficient (Wildman–Crippen LogP) is 3.69. The lowest BCUT2D eigenvalue weighted by Crippen LogP contribution is -2.25. The SMILES string of the molecule is CSc1nc2cc(n1)Nc1ccc(cc1)C(=O)NCCCOCCCCOCCCN2. The van der Waals surface area contributed by atoms with Gasteiger partial charge >= 0.3 is 0 Å². The molecule has 4 bridgehead atoms. The lowest BCUT2D eigenvalue weighted by atomic mass is 10.2. The molecule has 2 aliphatic rings. The van der Waals surface area contributed by atoms with Crippen LogP contribution in [0.15, 0.2) is 35.5 Å². The first-order valence-corrected chi connectivity index (χ1v) is 11.9. The number of anilines is 3. The zero-order valence-electron chi connectivity index (χ0n) is 18.0. The summed E-state index contributed by atoms with van der Waals surface area (Å²) < 4.78 is 11.3. The third-order valence-electron chi connectivity index (χ3n) is 4.66. The first-order chi connectivity index (χ1) is 15.2. The molecule has 3 heterocycles. The second kappa shape index (κ2) is 13.1. The molecule has 1 amide bonds. The van der Waals surface area contributed by atoms with Gasteiger partial charge in [-0.15, -0.1) is 0 Å². The molecule has 1 aromatic carbocycles. The van der Waals surface area contributed by atoms with Crippen LogP contribution in [-0.4, -0.2) is 61.6 Å². The fourth-order valence-electron chi connectivity index (χ4n) is 3.01. The predicted molar refractivity (Wildman–Crippen MR) is 124 cm³/mol. The Morgan fingerprint density at radius 2 is 1.45 bits per heavy atom. The van der Waals surface area contributed by atoms with Crippen LogP contribution in [0.25, 0.3) is 0 Å². The van der Waals surface area contributed by atoms with Crippen molar-refractivity contribution in [2.24, 2.45) is 0 Å². The molecule has 2 aromatic rings. The summed E-state index contributed by atoms with van der Waals surface area (Å²) in [6.07, 6.45) is 5.61. The van der Waals surface area contributed by atoms with E-state index in [0.29, 0.717) is 36.3 Å². The molecule has 0 aliphatic carbocycles. The van der Waals surface area contributed by atoms with Gasteiger partial charge in [-0.2, -0.15) is 0 Å². The summed E-state index contributed by atoms with van der Waals surface area (Å²) in [5.74, 6) is 1.39. The molecule has 0 saturated carbocycles. The van der Waals surface area contributed by atoms with Gasteiger partial charge in [0, 0.05) is 56.8 Å². The van der Waals surface area contributed by atoms with E-state index in [1.165, 1.54) is 11.8 Å². The highest BCUT2D eigenvalue weighted by molar-refractivity contribution is 7.98. The topological polar surface area (TPSA) is 97.4 Å². The van der Waals surface area contributed by atoms with Crippen LogP contribution in [0.5, 0.6) is 0 Å². The van der Waals surface area contributed by atoms with Gasteiger partial charge in [0.15, 0.2) is 5.16 Å². The third kappa shape index (κ3) is 8.35. The van der Waals surface area contributed by atoms with Gasteiger partial charge in [0.1, 0.15) is 11.6 Å². The maximum atomic E-state index is 12.3. The number of carbonyl (C=O) groups is 1. The molecule has 0 unspecified atom stereocenters. The zero-order chi connectivity index (χ0) is 21.7. The monoisotopic (exact) mass is 445 g/mol. The van der Waals surface area contributed by atoms with Crippen molar-refractivity contribution >= 4 is 35.0 Å². The highest BCUT2D eigenvalue weighted by Crippen LogP contribution is 2.21. The van der Waals surface area contributed by atoms with Crippen LogP contribution in [0.4, 0.5) is 17.3 Å². The highest BCUT2D eigenvalue weighted by atomic mass is 32.2. The van der Waals surface area contributed by atoms with Crippen LogP contribution in [0.1, 0.15) is 36.0 Å². The molecule has 0 atom stereocenters. The fraction of sp³-hybridized carbons (Fsp3) is 0.500. The molecule has 2 aliphatic heterocycles. The molecule has 4 rings (SSSR count). The lowest BCUT2D eigenvalue weighted by molar-refractivity contribution is 0.0924. The molecule has 8 nitrogen and oxygen atoms in total. The van der Waals surface area contributed by atoms with Gasteiger partial charge in [-0.1, -0.05) is 11.8 Å². The normalized spacial score (nSPS) is 17.3. The van der Waals surface area contributed by atoms with E-state index in [2.05, 4.69) is 25.9 Å². The number of hydrogen-bond donors (Lipinski definition) is 3. The van der Waals surface area contributed by atoms with Crippen LogP contribution in [0.3, 0.4) is 0 Å². The van der Waals surface area contributed by atoms with Gasteiger partial charge in [0.05, 0.1) is 0 Å². The van der Waals surface area contributed by atoms with Gasteiger partial charge in [-0.05, 0) is 56.2 Å². The van der Waals surface area contributed by atoms with Crippen molar-refractivity contribution in [3.63, 3.8) is 0 Å². The second-order valence-electron chi connectivity index (χ2n) is 7.15. The molecule has 0 spiro atoms. The van der Waals surface area contributed by atoms with Crippen LogP contribution >= 0.6 is 11.8 Å². The molecule has 31 heavy (non-hydrogen) atoms. The van der Waals surface area contributed by atoms with Crippen LogP contribution < -0.4 is 16.0 Å². The Balaban J connectivity index is 1.67. The number of thioether (sulfide) groups is 1. The number of amides is 1. The number of aromatic nitrogens is 2. The van der Waals surface area contributed by atoms with E-state index in [0.717, 1.165) is 56.9 Å². The average molecular weight is 446 g/mol. The molecule has 0 saturated heterocycles. The van der Waals surface area contributed by atoms with E-state index >= 15 is 0 Å². The maximum absolute atomic E-state index is 12.3. The molecular weight excluding hydrogens is 414 g/mol. The van der Waals surface area contributed by atoms with Crippen molar-refractivity contribution < 1.29 is 14.3 Å². The summed E-state index contributed by atoms with van der Waals surface area (Å²) in [5.41, 5.74) is 1.48. The van der Waals surface area contributed by atoms with Gasteiger partial charge < -0.3 is 25.4 Å². The Hall–Kier alpha value is -2.36. The number of benzene rings is 1. The number of ether oxygens (including phenoxy) is 2. The van der Waals surface area contributed by atoms with E-state index in [1.54, 1.807) is 12.1 Å². The minimum absolute atomic E-state index is 0.0831. The quantitative estimate of drug-likeness (QED) is 0.452. The van der Waals surface area contributed by atoms with Gasteiger partial charge in [-0.3, -0.25) is 4.79 Å². The van der Waals surface area contributed by atoms with Crippen LogP contribution in [0.2, 0.25) is 0 Å². The van der Waals surface area contributed by atoms with E-state index in [1.807, 2.05) is 24.5 Å². The summed E-state index contributed by atoms with van der Waals surface area (Å²) in [5, 5.41) is 10.3. The smallest absolute Gasteiger partial charge is 0.251 e. The van der Waals surface area contributed by atoms with Crippen molar-refractivity contribution in [2.75, 3.05) is 56.4 Å². The van der Waals surface area contributed by atoms with E-state index in [4.69, 9.17) is 9.47 Å². The Bertz CT molecular complexity index is 819. The van der Waals surface area contributed by atoms with Crippen molar-refractivity contribution in [1.82, 2.24) is 15.3 Å². The standard InChI is InChI=1S/C22H31N5O3S/c1-31-22-26-19-16-20(27-22)25-18-8-6-17(7-9-18)21(28)24-11-5-15-30-13-3-2-12-29-14-4-10-23-19/h6-9,16H,2-5,10-15H2,1H3,(H,24,28)(H2,23,25,26,27).